The molecule has 29 heavy (non-hydrogen) atoms. The number of hydrogen-bond acceptors (Lipinski definition) is 6. The number of aromatic amines is 1. The van der Waals surface area contributed by atoms with Gasteiger partial charge in [-0.2, -0.15) is 0 Å². The lowest BCUT2D eigenvalue weighted by Gasteiger charge is -2.13. The van der Waals surface area contributed by atoms with Crippen LogP contribution in [-0.4, -0.2) is 42.7 Å². The lowest BCUT2D eigenvalue weighted by atomic mass is 10.1. The summed E-state index contributed by atoms with van der Waals surface area (Å²) >= 11 is 0. The number of rotatable bonds is 8. The van der Waals surface area contributed by atoms with E-state index in [9.17, 15) is 14.4 Å². The van der Waals surface area contributed by atoms with Crippen molar-refractivity contribution in [3.8, 4) is 5.75 Å². The van der Waals surface area contributed by atoms with Crippen LogP contribution in [0.4, 0.5) is 0 Å². The van der Waals surface area contributed by atoms with E-state index >= 15 is 0 Å². The molecule has 0 saturated carbocycles. The molecule has 0 unspecified atom stereocenters. The van der Waals surface area contributed by atoms with Gasteiger partial charge >= 0.3 is 11.9 Å². The quantitative estimate of drug-likeness (QED) is 0.658. The van der Waals surface area contributed by atoms with E-state index in [1.807, 2.05) is 12.1 Å². The first-order valence-electron chi connectivity index (χ1n) is 9.26. The number of amides is 1. The largest absolute Gasteiger partial charge is 0.497 e. The van der Waals surface area contributed by atoms with Crippen molar-refractivity contribution in [2.45, 2.75) is 40.3 Å². The second kappa shape index (κ2) is 9.77. The van der Waals surface area contributed by atoms with Crippen molar-refractivity contribution in [1.29, 1.82) is 0 Å². The van der Waals surface area contributed by atoms with Crippen molar-refractivity contribution in [1.82, 2.24) is 10.3 Å². The molecule has 156 valence electrons. The van der Waals surface area contributed by atoms with E-state index in [1.54, 1.807) is 40.0 Å². The number of aromatic nitrogens is 1. The number of nitrogens with one attached hydrogen (secondary N) is 2. The average Bonchev–Trinajstić information content (AvgIpc) is 3.00. The summed E-state index contributed by atoms with van der Waals surface area (Å²) in [7, 11) is 1.58. The molecule has 0 saturated heterocycles. The van der Waals surface area contributed by atoms with E-state index in [0.717, 1.165) is 11.3 Å². The second-order valence-electron chi connectivity index (χ2n) is 6.46. The summed E-state index contributed by atoms with van der Waals surface area (Å²) in [6.07, 6.45) is -1.00. The maximum Gasteiger partial charge on any atom is 0.355 e. The molecule has 0 aliphatic carbocycles. The summed E-state index contributed by atoms with van der Waals surface area (Å²) in [6, 6.07) is 7.25. The van der Waals surface area contributed by atoms with E-state index in [0.29, 0.717) is 23.4 Å². The van der Waals surface area contributed by atoms with Crippen LogP contribution < -0.4 is 10.1 Å². The van der Waals surface area contributed by atoms with Crippen molar-refractivity contribution in [2.24, 2.45) is 0 Å². The van der Waals surface area contributed by atoms with Crippen molar-refractivity contribution >= 4 is 17.8 Å². The molecule has 1 amide bonds. The van der Waals surface area contributed by atoms with Gasteiger partial charge in [0, 0.05) is 12.2 Å². The molecule has 2 aromatic rings. The van der Waals surface area contributed by atoms with Gasteiger partial charge in [0.05, 0.1) is 19.3 Å². The summed E-state index contributed by atoms with van der Waals surface area (Å²) in [4.78, 5) is 39.6. The number of benzene rings is 1. The first kappa shape index (κ1) is 22.0. The number of carbonyl (C=O) groups excluding carboxylic acids is 3. The molecular formula is C21H26N2O6. The van der Waals surface area contributed by atoms with Crippen LogP contribution >= 0.6 is 0 Å². The van der Waals surface area contributed by atoms with E-state index in [4.69, 9.17) is 14.2 Å². The van der Waals surface area contributed by atoms with Gasteiger partial charge in [-0.15, -0.1) is 0 Å². The number of ether oxygens (including phenoxy) is 3. The van der Waals surface area contributed by atoms with Gasteiger partial charge in [-0.05, 0) is 51.0 Å². The summed E-state index contributed by atoms with van der Waals surface area (Å²) in [6.45, 7) is 7.00. The third-order valence-electron chi connectivity index (χ3n) is 4.40. The third-order valence-corrected chi connectivity index (χ3v) is 4.40. The summed E-state index contributed by atoms with van der Waals surface area (Å²) in [5, 5.41) is 2.72. The molecule has 0 aliphatic rings. The molecule has 0 aliphatic heterocycles. The van der Waals surface area contributed by atoms with E-state index in [2.05, 4.69) is 10.3 Å². The molecule has 8 nitrogen and oxygen atoms in total. The van der Waals surface area contributed by atoms with Crippen LogP contribution in [0.2, 0.25) is 0 Å². The van der Waals surface area contributed by atoms with Crippen LogP contribution in [0.15, 0.2) is 24.3 Å². The lowest BCUT2D eigenvalue weighted by molar-refractivity contribution is -0.129. The van der Waals surface area contributed by atoms with E-state index < -0.39 is 23.9 Å². The molecule has 1 aromatic heterocycles. The Bertz CT molecular complexity index is 885. The first-order valence-corrected chi connectivity index (χ1v) is 9.26. The Labute approximate surface area is 169 Å². The molecule has 2 N–H and O–H groups in total. The zero-order valence-electron chi connectivity index (χ0n) is 17.3. The Morgan fingerprint density at radius 3 is 2.34 bits per heavy atom. The second-order valence-corrected chi connectivity index (χ2v) is 6.46. The normalized spacial score (nSPS) is 11.5. The van der Waals surface area contributed by atoms with Gasteiger partial charge in [-0.1, -0.05) is 12.1 Å². The fourth-order valence-electron chi connectivity index (χ4n) is 2.81. The highest BCUT2D eigenvalue weighted by Crippen LogP contribution is 2.20. The smallest absolute Gasteiger partial charge is 0.355 e. The molecule has 1 heterocycles. The molecule has 8 heteroatoms. The fourth-order valence-corrected chi connectivity index (χ4v) is 2.81. The van der Waals surface area contributed by atoms with Crippen molar-refractivity contribution in [3.63, 3.8) is 0 Å². The average molecular weight is 402 g/mol. The fraction of sp³-hybridized carbons (Fsp3) is 0.381. The number of esters is 2. The number of hydrogen-bond donors (Lipinski definition) is 2. The Kier molecular flexibility index (Phi) is 7.41. The predicted molar refractivity (Wildman–Crippen MR) is 106 cm³/mol. The van der Waals surface area contributed by atoms with Gasteiger partial charge in [0.2, 0.25) is 0 Å². The molecule has 1 aromatic carbocycles. The molecule has 1 atom stereocenters. The summed E-state index contributed by atoms with van der Waals surface area (Å²) < 4.78 is 15.4. The van der Waals surface area contributed by atoms with Gasteiger partial charge in [0.15, 0.2) is 6.10 Å². The van der Waals surface area contributed by atoms with Crippen molar-refractivity contribution in [3.05, 3.63) is 52.3 Å². The molecule has 0 radical (unpaired) electrons. The molecule has 0 spiro atoms. The highest BCUT2D eigenvalue weighted by molar-refractivity contribution is 5.99. The van der Waals surface area contributed by atoms with Crippen LogP contribution in [0.3, 0.4) is 0 Å². The van der Waals surface area contributed by atoms with Gasteiger partial charge in [0.25, 0.3) is 5.91 Å². The Balaban J connectivity index is 1.98. The van der Waals surface area contributed by atoms with Crippen LogP contribution in [0.1, 0.15) is 51.5 Å². The number of methoxy groups -OCH3 is 1. The summed E-state index contributed by atoms with van der Waals surface area (Å²) in [5.41, 5.74) is 2.24. The topological polar surface area (TPSA) is 107 Å². The van der Waals surface area contributed by atoms with Gasteiger partial charge in [-0.3, -0.25) is 4.79 Å². The maximum absolute atomic E-state index is 12.5. The van der Waals surface area contributed by atoms with Gasteiger partial charge in [-0.25, -0.2) is 9.59 Å². The predicted octanol–water partition coefficient (Wildman–Crippen LogP) is 2.68. The highest BCUT2D eigenvalue weighted by atomic mass is 16.5. The molecule has 2 rings (SSSR count). The highest BCUT2D eigenvalue weighted by Gasteiger charge is 2.26. The minimum Gasteiger partial charge on any atom is -0.497 e. The van der Waals surface area contributed by atoms with Crippen LogP contribution in [0, 0.1) is 13.8 Å². The number of H-pyrrole nitrogens is 1. The van der Waals surface area contributed by atoms with E-state index in [1.165, 1.54) is 6.92 Å². The monoisotopic (exact) mass is 402 g/mol. The van der Waals surface area contributed by atoms with Gasteiger partial charge < -0.3 is 24.5 Å². The zero-order chi connectivity index (χ0) is 21.6. The standard InChI is InChI=1S/C21H26N2O6/c1-6-28-20(25)17-12(2)18(23-13(17)3)21(26)29-14(4)19(24)22-11-15-7-9-16(27-5)10-8-15/h7-10,14,23H,6,11H2,1-5H3,(H,22,24)/t14-/m1/s1. The first-order chi connectivity index (χ1) is 13.8. The van der Waals surface area contributed by atoms with Crippen LogP contribution in [0.25, 0.3) is 0 Å². The van der Waals surface area contributed by atoms with Crippen molar-refractivity contribution in [2.75, 3.05) is 13.7 Å². The third kappa shape index (κ3) is 5.37. The SMILES string of the molecule is CCOC(=O)c1c(C)[nH]c(C(=O)O[C@H](C)C(=O)NCc2ccc(OC)cc2)c1C. The Hall–Kier alpha value is -3.29. The minimum atomic E-state index is -1.00. The molecular weight excluding hydrogens is 376 g/mol. The van der Waals surface area contributed by atoms with Crippen LogP contribution in [0.5, 0.6) is 5.75 Å². The van der Waals surface area contributed by atoms with Gasteiger partial charge in [0.1, 0.15) is 11.4 Å². The molecule has 0 fully saturated rings. The van der Waals surface area contributed by atoms with E-state index in [-0.39, 0.29) is 12.3 Å². The lowest BCUT2D eigenvalue weighted by Crippen LogP contribution is -2.35. The Morgan fingerprint density at radius 2 is 1.76 bits per heavy atom. The van der Waals surface area contributed by atoms with Crippen LogP contribution in [-0.2, 0) is 20.8 Å². The minimum absolute atomic E-state index is 0.125. The number of carbonyl (C=O) groups is 3. The zero-order valence-corrected chi connectivity index (χ0v) is 17.3. The maximum atomic E-state index is 12.5. The number of aryl methyl sites for hydroxylation is 1. The summed E-state index contributed by atoms with van der Waals surface area (Å²) in [5.74, 6) is -0.932. The van der Waals surface area contributed by atoms with Crippen molar-refractivity contribution < 1.29 is 28.6 Å². The Morgan fingerprint density at radius 1 is 1.10 bits per heavy atom. The molecule has 0 bridgehead atoms.